The molecule has 0 amide bonds. The van der Waals surface area contributed by atoms with E-state index in [-0.39, 0.29) is 4.88 Å². The maximum Gasteiger partial charge on any atom is 0.346 e. The molecule has 0 aliphatic carbocycles. The van der Waals surface area contributed by atoms with E-state index in [0.29, 0.717) is 28.3 Å². The number of thiophene rings is 2. The van der Waals surface area contributed by atoms with Crippen molar-refractivity contribution in [3.8, 4) is 5.88 Å². The molecule has 3 rings (SSSR count). The van der Waals surface area contributed by atoms with Gasteiger partial charge in [-0.1, -0.05) is 6.07 Å². The Bertz CT molecular complexity index is 765. The van der Waals surface area contributed by atoms with E-state index in [0.717, 1.165) is 16.2 Å². The van der Waals surface area contributed by atoms with Crippen molar-refractivity contribution in [3.05, 3.63) is 39.2 Å². The highest BCUT2D eigenvalue weighted by Gasteiger charge is 2.19. The van der Waals surface area contributed by atoms with Crippen molar-refractivity contribution in [1.29, 1.82) is 0 Å². The van der Waals surface area contributed by atoms with Crippen LogP contribution in [0.25, 0.3) is 10.2 Å². The van der Waals surface area contributed by atoms with E-state index in [4.69, 9.17) is 9.84 Å². The largest absolute Gasteiger partial charge is 0.477 e. The molecule has 0 aromatic carbocycles. The third-order valence-corrected chi connectivity index (χ3v) is 4.86. The zero-order chi connectivity index (χ0) is 14.1. The quantitative estimate of drug-likeness (QED) is 0.800. The number of ether oxygens (including phenoxy) is 1. The highest BCUT2D eigenvalue weighted by molar-refractivity contribution is 7.20. The number of aryl methyl sites for hydroxylation is 1. The number of hydrogen-bond donors (Lipinski definition) is 1. The maximum atomic E-state index is 11.2. The van der Waals surface area contributed by atoms with Gasteiger partial charge in [-0.15, -0.1) is 22.7 Å². The Kier molecular flexibility index (Phi) is 3.37. The van der Waals surface area contributed by atoms with Crippen LogP contribution in [0.15, 0.2) is 23.8 Å². The molecule has 3 aromatic heterocycles. The van der Waals surface area contributed by atoms with Gasteiger partial charge in [0.25, 0.3) is 0 Å². The van der Waals surface area contributed by atoms with Gasteiger partial charge in [-0.25, -0.2) is 14.8 Å². The molecule has 5 nitrogen and oxygen atoms in total. The number of carbonyl (C=O) groups is 1. The molecule has 7 heteroatoms. The summed E-state index contributed by atoms with van der Waals surface area (Å²) >= 11 is 2.74. The number of carboxylic acids is 1. The molecule has 20 heavy (non-hydrogen) atoms. The molecule has 0 spiro atoms. The van der Waals surface area contributed by atoms with Crippen LogP contribution < -0.4 is 4.74 Å². The normalized spacial score (nSPS) is 10.8. The molecule has 0 atom stereocenters. The van der Waals surface area contributed by atoms with Crippen LogP contribution in [0.4, 0.5) is 0 Å². The summed E-state index contributed by atoms with van der Waals surface area (Å²) in [6.45, 7) is 2.17. The molecule has 1 N–H and O–H groups in total. The number of aromatic carboxylic acids is 1. The van der Waals surface area contributed by atoms with E-state index in [1.54, 1.807) is 18.3 Å². The Balaban J connectivity index is 2.00. The number of nitrogens with zero attached hydrogens (tertiary/aromatic N) is 2. The summed E-state index contributed by atoms with van der Waals surface area (Å²) in [5, 5.41) is 11.8. The first-order chi connectivity index (χ1) is 9.66. The Hall–Kier alpha value is -1.99. The van der Waals surface area contributed by atoms with Crippen LogP contribution in [0.2, 0.25) is 0 Å². The minimum Gasteiger partial charge on any atom is -0.477 e. The zero-order valence-electron chi connectivity index (χ0n) is 10.5. The molecule has 0 saturated carbocycles. The molecule has 3 aromatic rings. The summed E-state index contributed by atoms with van der Waals surface area (Å²) in [6.07, 6.45) is 1.40. The standard InChI is InChI=1S/C13H10N2O3S2/c1-7-9-11(18-5-8-3-2-4-19-8)14-6-15-12(9)20-10(7)13(16)17/h2-4,6H,5H2,1H3,(H,16,17). The Morgan fingerprint density at radius 3 is 3.00 bits per heavy atom. The van der Waals surface area contributed by atoms with E-state index in [1.807, 2.05) is 17.5 Å². The second-order valence-corrected chi connectivity index (χ2v) is 6.12. The molecular formula is C13H10N2O3S2. The number of aromatic nitrogens is 2. The van der Waals surface area contributed by atoms with E-state index < -0.39 is 5.97 Å². The highest BCUT2D eigenvalue weighted by Crippen LogP contribution is 2.34. The first-order valence-corrected chi connectivity index (χ1v) is 7.49. The first-order valence-electron chi connectivity index (χ1n) is 5.79. The van der Waals surface area contributed by atoms with Crippen molar-refractivity contribution in [2.75, 3.05) is 0 Å². The lowest BCUT2D eigenvalue weighted by Crippen LogP contribution is -1.98. The fraction of sp³-hybridized carbons (Fsp3) is 0.154. The van der Waals surface area contributed by atoms with Crippen LogP contribution in [0.1, 0.15) is 20.1 Å². The first kappa shape index (κ1) is 13.0. The number of fused-ring (bicyclic) bond motifs is 1. The second-order valence-electron chi connectivity index (χ2n) is 4.09. The highest BCUT2D eigenvalue weighted by atomic mass is 32.1. The van der Waals surface area contributed by atoms with Gasteiger partial charge in [-0.05, 0) is 23.9 Å². The zero-order valence-corrected chi connectivity index (χ0v) is 12.1. The molecule has 0 fully saturated rings. The van der Waals surface area contributed by atoms with Crippen molar-refractivity contribution < 1.29 is 14.6 Å². The fourth-order valence-corrected chi connectivity index (χ4v) is 3.48. The Morgan fingerprint density at radius 1 is 1.45 bits per heavy atom. The predicted molar refractivity (Wildman–Crippen MR) is 77.8 cm³/mol. The number of carboxylic acid groups (broad SMARTS) is 1. The summed E-state index contributed by atoms with van der Waals surface area (Å²) in [5.74, 6) is -0.514. The van der Waals surface area contributed by atoms with Gasteiger partial charge in [0, 0.05) is 4.88 Å². The van der Waals surface area contributed by atoms with E-state index in [9.17, 15) is 4.79 Å². The van der Waals surface area contributed by atoms with Crippen molar-refractivity contribution in [1.82, 2.24) is 9.97 Å². The summed E-state index contributed by atoms with van der Waals surface area (Å²) in [4.78, 5) is 21.4. The van der Waals surface area contributed by atoms with Crippen LogP contribution in [0.3, 0.4) is 0 Å². The maximum absolute atomic E-state index is 11.2. The van der Waals surface area contributed by atoms with Crippen LogP contribution in [-0.2, 0) is 6.61 Å². The Morgan fingerprint density at radius 2 is 2.30 bits per heavy atom. The number of rotatable bonds is 4. The molecule has 102 valence electrons. The fourth-order valence-electron chi connectivity index (χ4n) is 1.89. The summed E-state index contributed by atoms with van der Waals surface area (Å²) in [5.41, 5.74) is 0.652. The molecule has 0 aliphatic rings. The van der Waals surface area contributed by atoms with Crippen LogP contribution in [-0.4, -0.2) is 21.0 Å². The average Bonchev–Trinajstić information content (AvgIpc) is 3.05. The lowest BCUT2D eigenvalue weighted by molar-refractivity contribution is 0.0701. The van der Waals surface area contributed by atoms with Crippen molar-refractivity contribution in [2.24, 2.45) is 0 Å². The topological polar surface area (TPSA) is 72.3 Å². The third kappa shape index (κ3) is 2.25. The van der Waals surface area contributed by atoms with Crippen LogP contribution in [0, 0.1) is 6.92 Å². The molecule has 0 radical (unpaired) electrons. The third-order valence-electron chi connectivity index (χ3n) is 2.82. The monoisotopic (exact) mass is 306 g/mol. The minimum atomic E-state index is -0.949. The Labute approximate surface area is 122 Å². The van der Waals surface area contributed by atoms with Gasteiger partial charge in [-0.3, -0.25) is 0 Å². The van der Waals surface area contributed by atoms with Crippen molar-refractivity contribution >= 4 is 38.9 Å². The van der Waals surface area contributed by atoms with Gasteiger partial charge >= 0.3 is 5.97 Å². The predicted octanol–water partition coefficient (Wildman–Crippen LogP) is 3.34. The van der Waals surface area contributed by atoms with Crippen molar-refractivity contribution in [2.45, 2.75) is 13.5 Å². The van der Waals surface area contributed by atoms with Crippen LogP contribution >= 0.6 is 22.7 Å². The average molecular weight is 306 g/mol. The molecule has 3 heterocycles. The SMILES string of the molecule is Cc1c(C(=O)O)sc2ncnc(OCc3cccs3)c12. The summed E-state index contributed by atoms with van der Waals surface area (Å²) in [6, 6.07) is 3.93. The van der Waals surface area contributed by atoms with Gasteiger partial charge < -0.3 is 9.84 Å². The molecular weight excluding hydrogens is 296 g/mol. The summed E-state index contributed by atoms with van der Waals surface area (Å²) in [7, 11) is 0. The van der Waals surface area contributed by atoms with E-state index >= 15 is 0 Å². The van der Waals surface area contributed by atoms with Gasteiger partial charge in [0.05, 0.1) is 5.39 Å². The van der Waals surface area contributed by atoms with Gasteiger partial charge in [0.15, 0.2) is 0 Å². The number of hydrogen-bond acceptors (Lipinski definition) is 6. The minimum absolute atomic E-state index is 0.279. The lowest BCUT2D eigenvalue weighted by atomic mass is 10.2. The smallest absolute Gasteiger partial charge is 0.346 e. The van der Waals surface area contributed by atoms with Gasteiger partial charge in [-0.2, -0.15) is 0 Å². The molecule has 0 unspecified atom stereocenters. The molecule has 0 aliphatic heterocycles. The summed E-state index contributed by atoms with van der Waals surface area (Å²) < 4.78 is 5.71. The molecule has 0 bridgehead atoms. The van der Waals surface area contributed by atoms with Gasteiger partial charge in [0.2, 0.25) is 5.88 Å². The van der Waals surface area contributed by atoms with Crippen LogP contribution in [0.5, 0.6) is 5.88 Å². The second kappa shape index (κ2) is 5.18. The van der Waals surface area contributed by atoms with E-state index in [1.165, 1.54) is 6.33 Å². The van der Waals surface area contributed by atoms with E-state index in [2.05, 4.69) is 9.97 Å². The molecule has 0 saturated heterocycles. The van der Waals surface area contributed by atoms with Gasteiger partial charge in [0.1, 0.15) is 22.6 Å². The van der Waals surface area contributed by atoms with Crippen molar-refractivity contribution in [3.63, 3.8) is 0 Å². The lowest BCUT2D eigenvalue weighted by Gasteiger charge is -2.05.